The highest BCUT2D eigenvalue weighted by atomic mass is 32.1. The summed E-state index contributed by atoms with van der Waals surface area (Å²) in [5.41, 5.74) is 1.16. The van der Waals surface area contributed by atoms with Crippen molar-refractivity contribution in [2.45, 2.75) is 13.8 Å². The fraction of sp³-hybridized carbons (Fsp3) is 0.0625. The van der Waals surface area contributed by atoms with E-state index in [-0.39, 0.29) is 33.4 Å². The maximum Gasteiger partial charge on any atom is 0.197 e. The summed E-state index contributed by atoms with van der Waals surface area (Å²) in [4.78, 5) is 61.5. The summed E-state index contributed by atoms with van der Waals surface area (Å²) in [5, 5.41) is 1.64. The Kier molecular flexibility index (Phi) is 5.80. The van der Waals surface area contributed by atoms with E-state index in [0.717, 1.165) is 54.9 Å². The molecule has 3 aromatic heterocycles. The summed E-state index contributed by atoms with van der Waals surface area (Å²) in [6.45, 7) is 3.79. The molecular weight excluding hydrogens is 649 g/mol. The first kappa shape index (κ1) is 27.8. The lowest BCUT2D eigenvalue weighted by atomic mass is 10.1. The van der Waals surface area contributed by atoms with Crippen LogP contribution in [0.4, 0.5) is 17.6 Å². The molecule has 0 atom stereocenters. The van der Waals surface area contributed by atoms with E-state index in [1.54, 1.807) is 0 Å². The lowest BCUT2D eigenvalue weighted by Crippen LogP contribution is -2.00. The largest absolute Gasteiger partial charge is 0.288 e. The van der Waals surface area contributed by atoms with Gasteiger partial charge in [-0.1, -0.05) is 0 Å². The van der Waals surface area contributed by atoms with Crippen molar-refractivity contribution < 1.29 is 36.7 Å². The minimum absolute atomic E-state index is 0.192. The van der Waals surface area contributed by atoms with Gasteiger partial charge in [-0.3, -0.25) is 19.2 Å². The molecule has 2 aliphatic rings. The van der Waals surface area contributed by atoms with Crippen LogP contribution in [0.15, 0.2) is 35.4 Å². The monoisotopic (exact) mass is 660 g/mol. The first-order chi connectivity index (χ1) is 21.4. The highest BCUT2D eigenvalue weighted by molar-refractivity contribution is 7.32. The summed E-state index contributed by atoms with van der Waals surface area (Å²) in [7, 11) is 0. The number of fused-ring (bicyclic) bond motifs is 6. The molecule has 6 nitrogen and oxygen atoms in total. The van der Waals surface area contributed by atoms with Gasteiger partial charge in [0.2, 0.25) is 0 Å². The van der Waals surface area contributed by atoms with Crippen LogP contribution in [-0.4, -0.2) is 33.1 Å². The highest BCUT2D eigenvalue weighted by Crippen LogP contribution is 2.46. The molecule has 8 rings (SSSR count). The van der Waals surface area contributed by atoms with Crippen LogP contribution in [0.5, 0.6) is 0 Å². The molecule has 0 unspecified atom stereocenters. The summed E-state index contributed by atoms with van der Waals surface area (Å²) in [6.07, 6.45) is 2.68. The van der Waals surface area contributed by atoms with Crippen LogP contribution in [0, 0.1) is 37.1 Å². The van der Waals surface area contributed by atoms with Crippen molar-refractivity contribution in [3.8, 4) is 0 Å². The molecule has 0 amide bonds. The van der Waals surface area contributed by atoms with Gasteiger partial charge in [-0.05, 0) is 61.4 Å². The number of thiophene rings is 1. The standard InChI is InChI=1S/C32H12F4N2O4S3/c1-9-23-29(45-32-31(23)44-22(38-32)8-16-27(41)13-5-19(35)20(36)6-14(13)28(16)42)10(2)24-30(9)43-21(37-24)7-15-25(39)11-3-17(33)18(34)4-12(11)26(15)40/h3-8H,1-2H3. The number of hydrogen-bond donors (Lipinski definition) is 0. The van der Waals surface area contributed by atoms with E-state index in [0.29, 0.717) is 20.4 Å². The number of Topliss-reactive ketones (excluding diaryl/α,β-unsaturated/α-hetero) is 4. The number of allylic oxidation sites excluding steroid dienone is 2. The number of benzene rings is 3. The number of aromatic nitrogens is 2. The third-order valence-electron chi connectivity index (χ3n) is 7.93. The second-order valence-electron chi connectivity index (χ2n) is 10.5. The number of rotatable bonds is 2. The SMILES string of the molecule is Cc1c2nc(C=C3C(=O)c4cc(F)c(F)cc4C3=O)sc2c(C)c2c1sc1nc(C=C3C(=O)c4cc(F)c(F)cc4C3=O)sc12. The van der Waals surface area contributed by atoms with Gasteiger partial charge in [-0.15, -0.1) is 34.0 Å². The number of aryl methyl sites for hydroxylation is 2. The van der Waals surface area contributed by atoms with Crippen molar-refractivity contribution in [3.63, 3.8) is 0 Å². The van der Waals surface area contributed by atoms with Gasteiger partial charge in [0, 0.05) is 32.3 Å². The molecule has 0 spiro atoms. The number of hydrogen-bond acceptors (Lipinski definition) is 9. The van der Waals surface area contributed by atoms with Gasteiger partial charge >= 0.3 is 0 Å². The topological polar surface area (TPSA) is 94.1 Å². The minimum Gasteiger partial charge on any atom is -0.288 e. The molecule has 45 heavy (non-hydrogen) atoms. The van der Waals surface area contributed by atoms with E-state index >= 15 is 0 Å². The summed E-state index contributed by atoms with van der Waals surface area (Å²) >= 11 is 3.91. The van der Waals surface area contributed by atoms with Gasteiger partial charge in [-0.2, -0.15) is 0 Å². The Balaban J connectivity index is 1.21. The molecule has 0 N–H and O–H groups in total. The van der Waals surface area contributed by atoms with E-state index < -0.39 is 46.4 Å². The zero-order valence-corrected chi connectivity index (χ0v) is 25.2. The van der Waals surface area contributed by atoms with Gasteiger partial charge in [-0.25, -0.2) is 27.5 Å². The number of ketones is 4. The zero-order chi connectivity index (χ0) is 31.6. The maximum atomic E-state index is 13.8. The van der Waals surface area contributed by atoms with Crippen molar-refractivity contribution >= 4 is 99.1 Å². The van der Waals surface area contributed by atoms with Crippen molar-refractivity contribution in [1.29, 1.82) is 0 Å². The summed E-state index contributed by atoms with van der Waals surface area (Å²) in [5.74, 6) is -7.66. The average Bonchev–Trinajstić information content (AvgIpc) is 3.78. The smallest absolute Gasteiger partial charge is 0.197 e. The Bertz CT molecular complexity index is 2450. The maximum absolute atomic E-state index is 13.8. The molecule has 0 radical (unpaired) electrons. The lowest BCUT2D eigenvalue weighted by molar-refractivity contribution is 0.0975. The third kappa shape index (κ3) is 3.84. The van der Waals surface area contributed by atoms with E-state index in [1.165, 1.54) is 46.2 Å². The molecule has 0 saturated carbocycles. The van der Waals surface area contributed by atoms with E-state index in [1.807, 2.05) is 13.8 Å². The molecule has 3 aromatic carbocycles. The van der Waals surface area contributed by atoms with Gasteiger partial charge in [0.25, 0.3) is 0 Å². The number of carbonyl (C=O) groups is 4. The molecule has 220 valence electrons. The highest BCUT2D eigenvalue weighted by Gasteiger charge is 2.36. The Morgan fingerprint density at radius 1 is 0.556 bits per heavy atom. The van der Waals surface area contributed by atoms with Crippen LogP contribution in [-0.2, 0) is 0 Å². The first-order valence-corrected chi connectivity index (χ1v) is 15.6. The molecule has 6 aromatic rings. The second kappa shape index (κ2) is 9.39. The summed E-state index contributed by atoms with van der Waals surface area (Å²) in [6, 6.07) is 2.92. The third-order valence-corrected chi connectivity index (χ3v) is 11.4. The van der Waals surface area contributed by atoms with Crippen molar-refractivity contribution in [1.82, 2.24) is 9.97 Å². The molecule has 2 aliphatic carbocycles. The molecule has 0 saturated heterocycles. The fourth-order valence-corrected chi connectivity index (χ4v) is 9.33. The van der Waals surface area contributed by atoms with E-state index in [9.17, 15) is 36.7 Å². The Labute approximate surface area is 261 Å². The number of halogens is 4. The van der Waals surface area contributed by atoms with Crippen LogP contribution < -0.4 is 0 Å². The first-order valence-electron chi connectivity index (χ1n) is 13.2. The molecule has 3 heterocycles. The van der Waals surface area contributed by atoms with Crippen LogP contribution in [0.3, 0.4) is 0 Å². The lowest BCUT2D eigenvalue weighted by Gasteiger charge is -2.02. The predicted octanol–water partition coefficient (Wildman–Crippen LogP) is 8.22. The molecule has 0 fully saturated rings. The Morgan fingerprint density at radius 2 is 0.978 bits per heavy atom. The van der Waals surface area contributed by atoms with Gasteiger partial charge in [0.15, 0.2) is 46.4 Å². The minimum atomic E-state index is -1.21. The van der Waals surface area contributed by atoms with E-state index in [2.05, 4.69) is 9.97 Å². The van der Waals surface area contributed by atoms with Gasteiger partial charge in [0.05, 0.1) is 26.1 Å². The molecular formula is C32H12F4N2O4S3. The number of thiazole rings is 2. The zero-order valence-electron chi connectivity index (χ0n) is 22.7. The average molecular weight is 661 g/mol. The van der Waals surface area contributed by atoms with Crippen molar-refractivity contribution in [2.75, 3.05) is 0 Å². The number of nitrogens with zero attached hydrogens (tertiary/aromatic N) is 2. The van der Waals surface area contributed by atoms with E-state index in [4.69, 9.17) is 0 Å². The summed E-state index contributed by atoms with van der Waals surface area (Å²) < 4.78 is 57.5. The van der Waals surface area contributed by atoms with Gasteiger partial charge in [0.1, 0.15) is 14.8 Å². The molecule has 0 bridgehead atoms. The van der Waals surface area contributed by atoms with Crippen LogP contribution in [0.2, 0.25) is 0 Å². The Morgan fingerprint density at radius 3 is 1.44 bits per heavy atom. The van der Waals surface area contributed by atoms with Gasteiger partial charge < -0.3 is 0 Å². The second-order valence-corrected chi connectivity index (χ2v) is 13.6. The number of carbonyl (C=O) groups excluding carboxylic acids is 4. The normalized spacial score (nSPS) is 14.5. The quantitative estimate of drug-likeness (QED) is 0.106. The predicted molar refractivity (Wildman–Crippen MR) is 164 cm³/mol. The molecule has 0 aliphatic heterocycles. The van der Waals surface area contributed by atoms with Crippen molar-refractivity contribution in [2.24, 2.45) is 0 Å². The Hall–Kier alpha value is -4.72. The van der Waals surface area contributed by atoms with Crippen LogP contribution in [0.25, 0.3) is 42.0 Å². The fourth-order valence-electron chi connectivity index (χ4n) is 5.73. The van der Waals surface area contributed by atoms with Crippen LogP contribution in [0.1, 0.15) is 62.6 Å². The van der Waals surface area contributed by atoms with Crippen LogP contribution >= 0.6 is 34.0 Å². The molecule has 13 heteroatoms. The van der Waals surface area contributed by atoms with Crippen molar-refractivity contribution in [3.05, 3.63) is 102 Å².